The maximum atomic E-state index is 12.2. The molecule has 6 nitrogen and oxygen atoms in total. The summed E-state index contributed by atoms with van der Waals surface area (Å²) in [7, 11) is 0. The van der Waals surface area contributed by atoms with E-state index < -0.39 is 0 Å². The number of aromatic amines is 1. The molecule has 0 aliphatic carbocycles. The van der Waals surface area contributed by atoms with Crippen LogP contribution in [0.2, 0.25) is 5.02 Å². The van der Waals surface area contributed by atoms with E-state index in [1.54, 1.807) is 18.2 Å². The molecule has 0 radical (unpaired) electrons. The minimum atomic E-state index is -0.132. The summed E-state index contributed by atoms with van der Waals surface area (Å²) in [6.07, 6.45) is 0. The molecule has 0 unspecified atom stereocenters. The lowest BCUT2D eigenvalue weighted by Crippen LogP contribution is -2.46. The summed E-state index contributed by atoms with van der Waals surface area (Å²) in [5.41, 5.74) is 2.12. The molecule has 2 aromatic rings. The Bertz CT molecular complexity index is 649. The molecule has 1 aliphatic heterocycles. The van der Waals surface area contributed by atoms with Gasteiger partial charge in [0.15, 0.2) is 0 Å². The van der Waals surface area contributed by atoms with Gasteiger partial charge in [-0.1, -0.05) is 23.7 Å². The summed E-state index contributed by atoms with van der Waals surface area (Å²) in [6.45, 7) is 5.58. The summed E-state index contributed by atoms with van der Waals surface area (Å²) in [5.74, 6) is -0.132. The van der Waals surface area contributed by atoms with E-state index in [1.165, 1.54) is 0 Å². The topological polar surface area (TPSA) is 73.1 Å². The Morgan fingerprint density at radius 3 is 2.74 bits per heavy atom. The van der Waals surface area contributed by atoms with Crippen LogP contribution in [0.1, 0.15) is 10.5 Å². The van der Waals surface area contributed by atoms with Gasteiger partial charge in [-0.2, -0.15) is 5.10 Å². The number of hydrogen-bond donors (Lipinski definition) is 3. The summed E-state index contributed by atoms with van der Waals surface area (Å²) in [5, 5.41) is 13.9. The molecule has 1 aromatic carbocycles. The van der Waals surface area contributed by atoms with Crippen molar-refractivity contribution in [1.82, 2.24) is 25.7 Å². The molecule has 0 atom stereocenters. The largest absolute Gasteiger partial charge is 0.349 e. The minimum absolute atomic E-state index is 0.132. The van der Waals surface area contributed by atoms with Crippen molar-refractivity contribution in [1.29, 1.82) is 0 Å². The Balaban J connectivity index is 1.52. The number of rotatable bonds is 5. The van der Waals surface area contributed by atoms with E-state index in [2.05, 4.69) is 25.7 Å². The maximum Gasteiger partial charge on any atom is 0.269 e. The van der Waals surface area contributed by atoms with Crippen LogP contribution in [-0.2, 0) is 0 Å². The van der Waals surface area contributed by atoms with Crippen molar-refractivity contribution in [2.75, 3.05) is 39.3 Å². The van der Waals surface area contributed by atoms with Crippen molar-refractivity contribution in [2.45, 2.75) is 0 Å². The predicted molar refractivity (Wildman–Crippen MR) is 90.7 cm³/mol. The predicted octanol–water partition coefficient (Wildman–Crippen LogP) is 1.37. The molecule has 0 saturated carbocycles. The Labute approximate surface area is 140 Å². The third-order valence-corrected chi connectivity index (χ3v) is 4.14. The number of benzene rings is 1. The van der Waals surface area contributed by atoms with Gasteiger partial charge in [0.05, 0.1) is 5.69 Å². The first kappa shape index (κ1) is 16.0. The molecule has 1 amide bonds. The molecule has 3 N–H and O–H groups in total. The van der Waals surface area contributed by atoms with Crippen LogP contribution >= 0.6 is 11.6 Å². The van der Waals surface area contributed by atoms with Gasteiger partial charge >= 0.3 is 0 Å². The summed E-state index contributed by atoms with van der Waals surface area (Å²) in [6, 6.07) is 9.12. The number of carbonyl (C=O) groups is 1. The number of halogens is 1. The van der Waals surface area contributed by atoms with Crippen molar-refractivity contribution < 1.29 is 4.79 Å². The Morgan fingerprint density at radius 1 is 1.26 bits per heavy atom. The fourth-order valence-corrected chi connectivity index (χ4v) is 2.69. The number of aromatic nitrogens is 2. The fourth-order valence-electron chi connectivity index (χ4n) is 2.56. The van der Waals surface area contributed by atoms with Crippen molar-refractivity contribution >= 4 is 17.5 Å². The van der Waals surface area contributed by atoms with Crippen LogP contribution in [0.3, 0.4) is 0 Å². The second kappa shape index (κ2) is 7.59. The lowest BCUT2D eigenvalue weighted by atomic mass is 10.1. The van der Waals surface area contributed by atoms with Gasteiger partial charge in [0.1, 0.15) is 5.69 Å². The molecule has 122 valence electrons. The van der Waals surface area contributed by atoms with Gasteiger partial charge in [0, 0.05) is 49.9 Å². The average molecular weight is 334 g/mol. The number of nitrogens with one attached hydrogen (secondary N) is 3. The van der Waals surface area contributed by atoms with Crippen LogP contribution < -0.4 is 10.6 Å². The molecule has 0 spiro atoms. The molecule has 1 aromatic heterocycles. The first-order valence-electron chi connectivity index (χ1n) is 7.75. The van der Waals surface area contributed by atoms with Gasteiger partial charge in [-0.15, -0.1) is 0 Å². The minimum Gasteiger partial charge on any atom is -0.349 e. The van der Waals surface area contributed by atoms with Gasteiger partial charge in [0.25, 0.3) is 5.91 Å². The van der Waals surface area contributed by atoms with E-state index in [0.29, 0.717) is 17.3 Å². The third kappa shape index (κ3) is 4.31. The molecule has 23 heavy (non-hydrogen) atoms. The van der Waals surface area contributed by atoms with Crippen LogP contribution in [0.25, 0.3) is 11.3 Å². The van der Waals surface area contributed by atoms with Crippen LogP contribution in [0.4, 0.5) is 0 Å². The lowest BCUT2D eigenvalue weighted by molar-refractivity contribution is 0.0942. The highest BCUT2D eigenvalue weighted by Crippen LogP contribution is 2.20. The van der Waals surface area contributed by atoms with E-state index in [0.717, 1.165) is 44.0 Å². The molecular formula is C16H20ClN5O. The highest BCUT2D eigenvalue weighted by molar-refractivity contribution is 6.30. The van der Waals surface area contributed by atoms with Crippen molar-refractivity contribution in [3.05, 3.63) is 41.0 Å². The van der Waals surface area contributed by atoms with Crippen molar-refractivity contribution in [3.8, 4) is 11.3 Å². The van der Waals surface area contributed by atoms with Gasteiger partial charge in [0.2, 0.25) is 0 Å². The van der Waals surface area contributed by atoms with Crippen LogP contribution in [-0.4, -0.2) is 60.3 Å². The maximum absolute atomic E-state index is 12.2. The fraction of sp³-hybridized carbons (Fsp3) is 0.375. The number of hydrogen-bond acceptors (Lipinski definition) is 4. The lowest BCUT2D eigenvalue weighted by Gasteiger charge is -2.26. The van der Waals surface area contributed by atoms with Crippen LogP contribution in [0.5, 0.6) is 0 Å². The SMILES string of the molecule is O=C(NCCN1CCNCC1)c1cc(-c2ccc(Cl)cc2)n[nH]1. The second-order valence-electron chi connectivity index (χ2n) is 5.52. The van der Waals surface area contributed by atoms with Gasteiger partial charge in [-0.3, -0.25) is 14.8 Å². The number of nitrogens with zero attached hydrogens (tertiary/aromatic N) is 2. The number of amides is 1. The van der Waals surface area contributed by atoms with E-state index >= 15 is 0 Å². The number of piperazine rings is 1. The number of H-pyrrole nitrogens is 1. The first-order valence-corrected chi connectivity index (χ1v) is 8.13. The van der Waals surface area contributed by atoms with E-state index in [1.807, 2.05) is 12.1 Å². The molecule has 1 fully saturated rings. The molecule has 7 heteroatoms. The molecule has 3 rings (SSSR count). The average Bonchev–Trinajstić information content (AvgIpc) is 3.06. The van der Waals surface area contributed by atoms with Crippen molar-refractivity contribution in [3.63, 3.8) is 0 Å². The summed E-state index contributed by atoms with van der Waals surface area (Å²) >= 11 is 5.88. The van der Waals surface area contributed by atoms with Crippen molar-refractivity contribution in [2.24, 2.45) is 0 Å². The third-order valence-electron chi connectivity index (χ3n) is 3.89. The zero-order valence-electron chi connectivity index (χ0n) is 12.8. The molecule has 0 bridgehead atoms. The Morgan fingerprint density at radius 2 is 2.00 bits per heavy atom. The van der Waals surface area contributed by atoms with Gasteiger partial charge in [-0.05, 0) is 18.2 Å². The highest BCUT2D eigenvalue weighted by atomic mass is 35.5. The summed E-state index contributed by atoms with van der Waals surface area (Å²) in [4.78, 5) is 14.5. The smallest absolute Gasteiger partial charge is 0.269 e. The summed E-state index contributed by atoms with van der Waals surface area (Å²) < 4.78 is 0. The molecule has 2 heterocycles. The Kier molecular flexibility index (Phi) is 5.27. The zero-order valence-corrected chi connectivity index (χ0v) is 13.6. The molecule has 1 aliphatic rings. The second-order valence-corrected chi connectivity index (χ2v) is 5.96. The van der Waals surface area contributed by atoms with Crippen LogP contribution in [0.15, 0.2) is 30.3 Å². The number of carbonyl (C=O) groups excluding carboxylic acids is 1. The van der Waals surface area contributed by atoms with Gasteiger partial charge in [-0.25, -0.2) is 0 Å². The monoisotopic (exact) mass is 333 g/mol. The van der Waals surface area contributed by atoms with Gasteiger partial charge < -0.3 is 10.6 Å². The zero-order chi connectivity index (χ0) is 16.1. The van der Waals surface area contributed by atoms with E-state index in [9.17, 15) is 4.79 Å². The molecule has 1 saturated heterocycles. The highest BCUT2D eigenvalue weighted by Gasteiger charge is 2.12. The first-order chi connectivity index (χ1) is 11.2. The standard InChI is InChI=1S/C16H20ClN5O/c17-13-3-1-12(2-4-13)14-11-15(21-20-14)16(23)19-7-10-22-8-5-18-6-9-22/h1-4,11,18H,5-10H2,(H,19,23)(H,20,21). The Hall–Kier alpha value is -1.89. The van der Waals surface area contributed by atoms with Crippen LogP contribution in [0, 0.1) is 0 Å². The molecular weight excluding hydrogens is 314 g/mol. The normalized spacial score (nSPS) is 15.5. The van der Waals surface area contributed by atoms with E-state index in [-0.39, 0.29) is 5.91 Å². The quantitative estimate of drug-likeness (QED) is 0.772. The van der Waals surface area contributed by atoms with E-state index in [4.69, 9.17) is 11.6 Å².